The minimum absolute atomic E-state index is 0.0507. The van der Waals surface area contributed by atoms with Crippen LogP contribution in [0.15, 0.2) is 30.3 Å². The van der Waals surface area contributed by atoms with Crippen LogP contribution in [0.3, 0.4) is 0 Å². The molecule has 2 N–H and O–H groups in total. The Morgan fingerprint density at radius 3 is 2.41 bits per heavy atom. The highest BCUT2D eigenvalue weighted by molar-refractivity contribution is 8.13. The second-order valence-corrected chi connectivity index (χ2v) is 6.76. The first-order valence-corrected chi connectivity index (χ1v) is 8.14. The molecule has 2 rings (SSSR count). The molecule has 0 bridgehead atoms. The van der Waals surface area contributed by atoms with Crippen molar-refractivity contribution in [2.75, 3.05) is 5.75 Å². The SMILES string of the molecule is CC(=O)SCC(Cc1ccccc1)C(=O)NC1(C(=O)O)CC1. The van der Waals surface area contributed by atoms with Crippen LogP contribution in [0.4, 0.5) is 0 Å². The van der Waals surface area contributed by atoms with Crippen LogP contribution in [0, 0.1) is 5.92 Å². The van der Waals surface area contributed by atoms with Crippen LogP contribution in [-0.4, -0.2) is 33.4 Å². The first kappa shape index (κ1) is 16.5. The summed E-state index contributed by atoms with van der Waals surface area (Å²) in [4.78, 5) is 34.8. The molecular weight excluding hydrogens is 302 g/mol. The number of hydrogen-bond acceptors (Lipinski definition) is 4. The van der Waals surface area contributed by atoms with Crippen molar-refractivity contribution < 1.29 is 19.5 Å². The summed E-state index contributed by atoms with van der Waals surface area (Å²) >= 11 is 1.09. The number of benzene rings is 1. The lowest BCUT2D eigenvalue weighted by Crippen LogP contribution is -2.46. The van der Waals surface area contributed by atoms with Crippen LogP contribution < -0.4 is 5.32 Å². The molecule has 0 aromatic heterocycles. The number of carbonyl (C=O) groups excluding carboxylic acids is 2. The molecule has 0 heterocycles. The highest BCUT2D eigenvalue weighted by Gasteiger charge is 2.52. The van der Waals surface area contributed by atoms with Crippen LogP contribution in [0.5, 0.6) is 0 Å². The lowest BCUT2D eigenvalue weighted by atomic mass is 9.99. The number of thioether (sulfide) groups is 1. The van der Waals surface area contributed by atoms with E-state index in [2.05, 4.69) is 5.32 Å². The van der Waals surface area contributed by atoms with Gasteiger partial charge in [-0.05, 0) is 24.8 Å². The van der Waals surface area contributed by atoms with E-state index in [0.717, 1.165) is 17.3 Å². The summed E-state index contributed by atoms with van der Waals surface area (Å²) in [6, 6.07) is 9.52. The second-order valence-electron chi connectivity index (χ2n) is 5.57. The van der Waals surface area contributed by atoms with Crippen molar-refractivity contribution in [2.45, 2.75) is 31.7 Å². The number of carboxylic acids is 1. The van der Waals surface area contributed by atoms with Gasteiger partial charge in [0.15, 0.2) is 5.12 Å². The Hall–Kier alpha value is -1.82. The summed E-state index contributed by atoms with van der Waals surface area (Å²) in [6.45, 7) is 1.46. The van der Waals surface area contributed by atoms with Crippen molar-refractivity contribution in [3.8, 4) is 0 Å². The maximum atomic E-state index is 12.4. The lowest BCUT2D eigenvalue weighted by molar-refractivity contribution is -0.143. The largest absolute Gasteiger partial charge is 0.480 e. The van der Waals surface area contributed by atoms with Gasteiger partial charge in [0.05, 0.1) is 5.92 Å². The van der Waals surface area contributed by atoms with E-state index in [0.29, 0.717) is 25.0 Å². The zero-order valence-corrected chi connectivity index (χ0v) is 13.2. The maximum absolute atomic E-state index is 12.4. The minimum Gasteiger partial charge on any atom is -0.480 e. The van der Waals surface area contributed by atoms with E-state index in [1.165, 1.54) is 6.92 Å². The summed E-state index contributed by atoms with van der Waals surface area (Å²) in [6.07, 6.45) is 1.42. The Kier molecular flexibility index (Phi) is 5.24. The van der Waals surface area contributed by atoms with Gasteiger partial charge in [-0.3, -0.25) is 9.59 Å². The fourth-order valence-electron chi connectivity index (χ4n) is 2.20. The monoisotopic (exact) mass is 321 g/mol. The number of rotatable bonds is 7. The molecule has 1 aliphatic rings. The van der Waals surface area contributed by atoms with Gasteiger partial charge in [-0.2, -0.15) is 0 Å². The summed E-state index contributed by atoms with van der Waals surface area (Å²) in [5.74, 6) is -1.35. The number of nitrogens with one attached hydrogen (secondary N) is 1. The van der Waals surface area contributed by atoms with Gasteiger partial charge in [-0.25, -0.2) is 4.79 Å². The molecule has 5 nitrogen and oxygen atoms in total. The van der Waals surface area contributed by atoms with Gasteiger partial charge in [0.25, 0.3) is 0 Å². The van der Waals surface area contributed by atoms with Gasteiger partial charge in [0, 0.05) is 12.7 Å². The Balaban J connectivity index is 2.04. The number of carbonyl (C=O) groups is 3. The fourth-order valence-corrected chi connectivity index (χ4v) is 2.90. The van der Waals surface area contributed by atoms with Crippen molar-refractivity contribution >= 4 is 28.8 Å². The first-order chi connectivity index (χ1) is 10.4. The molecule has 0 saturated heterocycles. The molecule has 0 radical (unpaired) electrons. The molecule has 1 aromatic carbocycles. The predicted octanol–water partition coefficient (Wildman–Crippen LogP) is 1.86. The van der Waals surface area contributed by atoms with Crippen molar-refractivity contribution in [3.63, 3.8) is 0 Å². The Bertz CT molecular complexity index is 569. The average Bonchev–Trinajstić information content (AvgIpc) is 3.25. The summed E-state index contributed by atoms with van der Waals surface area (Å²) in [5, 5.41) is 11.8. The second kappa shape index (κ2) is 6.96. The van der Waals surface area contributed by atoms with Gasteiger partial charge < -0.3 is 10.4 Å². The van der Waals surface area contributed by atoms with Gasteiger partial charge in [-0.15, -0.1) is 0 Å². The molecule has 1 aliphatic carbocycles. The number of amides is 1. The number of hydrogen-bond donors (Lipinski definition) is 2. The molecule has 6 heteroatoms. The summed E-state index contributed by atoms with van der Waals surface area (Å²) < 4.78 is 0. The molecule has 1 fully saturated rings. The number of carboxylic acid groups (broad SMARTS) is 1. The van der Waals surface area contributed by atoms with Crippen molar-refractivity contribution in [1.29, 1.82) is 0 Å². The van der Waals surface area contributed by atoms with Gasteiger partial charge >= 0.3 is 5.97 Å². The molecule has 1 unspecified atom stereocenters. The third-order valence-electron chi connectivity index (χ3n) is 3.71. The van der Waals surface area contributed by atoms with Crippen molar-refractivity contribution in [3.05, 3.63) is 35.9 Å². The maximum Gasteiger partial charge on any atom is 0.329 e. The standard InChI is InChI=1S/C16H19NO4S/c1-11(18)22-10-13(9-12-5-3-2-4-6-12)14(19)17-16(7-8-16)15(20)21/h2-6,13H,7-10H2,1H3,(H,17,19)(H,20,21). The van der Waals surface area contributed by atoms with Gasteiger partial charge in [0.1, 0.15) is 5.54 Å². The van der Waals surface area contributed by atoms with E-state index < -0.39 is 17.4 Å². The van der Waals surface area contributed by atoms with Crippen LogP contribution >= 0.6 is 11.8 Å². The first-order valence-electron chi connectivity index (χ1n) is 7.16. The van der Waals surface area contributed by atoms with Crippen LogP contribution in [0.25, 0.3) is 0 Å². The summed E-state index contributed by atoms with van der Waals surface area (Å²) in [5.41, 5.74) is -0.0978. The predicted molar refractivity (Wildman–Crippen MR) is 84.5 cm³/mol. The van der Waals surface area contributed by atoms with E-state index in [4.69, 9.17) is 5.11 Å². The van der Waals surface area contributed by atoms with E-state index >= 15 is 0 Å². The zero-order chi connectivity index (χ0) is 16.2. The molecule has 1 amide bonds. The smallest absolute Gasteiger partial charge is 0.329 e. The Labute approximate surface area is 133 Å². The minimum atomic E-state index is -1.09. The Morgan fingerprint density at radius 1 is 1.27 bits per heavy atom. The van der Waals surface area contributed by atoms with E-state index in [-0.39, 0.29) is 11.0 Å². The number of aliphatic carboxylic acids is 1. The molecule has 1 atom stereocenters. The molecule has 0 aliphatic heterocycles. The highest BCUT2D eigenvalue weighted by atomic mass is 32.2. The molecule has 22 heavy (non-hydrogen) atoms. The molecule has 1 aromatic rings. The highest BCUT2D eigenvalue weighted by Crippen LogP contribution is 2.36. The van der Waals surface area contributed by atoms with Crippen LogP contribution in [0.1, 0.15) is 25.3 Å². The zero-order valence-electron chi connectivity index (χ0n) is 12.4. The third kappa shape index (κ3) is 4.34. The fraction of sp³-hybridized carbons (Fsp3) is 0.438. The quantitative estimate of drug-likeness (QED) is 0.801. The molecule has 118 valence electrons. The Morgan fingerprint density at radius 2 is 1.91 bits per heavy atom. The van der Waals surface area contributed by atoms with Crippen LogP contribution in [0.2, 0.25) is 0 Å². The molecule has 0 spiro atoms. The van der Waals surface area contributed by atoms with E-state index in [1.54, 1.807) is 0 Å². The summed E-state index contributed by atoms with van der Waals surface area (Å²) in [7, 11) is 0. The molecular formula is C16H19NO4S. The normalized spacial score (nSPS) is 16.6. The van der Waals surface area contributed by atoms with Gasteiger partial charge in [-0.1, -0.05) is 42.1 Å². The van der Waals surface area contributed by atoms with Crippen molar-refractivity contribution in [1.82, 2.24) is 5.32 Å². The van der Waals surface area contributed by atoms with Crippen molar-refractivity contribution in [2.24, 2.45) is 5.92 Å². The van der Waals surface area contributed by atoms with Crippen LogP contribution in [-0.2, 0) is 20.8 Å². The third-order valence-corrected chi connectivity index (χ3v) is 4.68. The van der Waals surface area contributed by atoms with Gasteiger partial charge in [0.2, 0.25) is 5.91 Å². The topological polar surface area (TPSA) is 83.5 Å². The molecule has 1 saturated carbocycles. The average molecular weight is 321 g/mol. The van der Waals surface area contributed by atoms with E-state index in [9.17, 15) is 14.4 Å². The van der Waals surface area contributed by atoms with E-state index in [1.807, 2.05) is 30.3 Å². The lowest BCUT2D eigenvalue weighted by Gasteiger charge is -2.19.